The fourth-order valence-electron chi connectivity index (χ4n) is 4.20. The first kappa shape index (κ1) is 23.6. The minimum absolute atomic E-state index is 0.0867. The van der Waals surface area contributed by atoms with E-state index in [-0.39, 0.29) is 17.9 Å². The minimum atomic E-state index is -0.199. The van der Waals surface area contributed by atoms with E-state index >= 15 is 0 Å². The Kier molecular flexibility index (Phi) is 8.13. The Morgan fingerprint density at radius 2 is 2.03 bits per heavy atom. The molecule has 2 atom stereocenters. The lowest BCUT2D eigenvalue weighted by Crippen LogP contribution is -2.48. The normalized spacial score (nSPS) is 17.0. The van der Waals surface area contributed by atoms with E-state index in [1.165, 1.54) is 7.11 Å². The maximum Gasteiger partial charge on any atom is 0.306 e. The van der Waals surface area contributed by atoms with Gasteiger partial charge in [0.1, 0.15) is 0 Å². The Hall–Kier alpha value is -3.04. The van der Waals surface area contributed by atoms with Gasteiger partial charge in [0.2, 0.25) is 0 Å². The highest BCUT2D eigenvalue weighted by molar-refractivity contribution is 5.77. The van der Waals surface area contributed by atoms with Gasteiger partial charge < -0.3 is 19.7 Å². The zero-order valence-electron chi connectivity index (χ0n) is 19.4. The number of ether oxygens (including phenoxy) is 2. The predicted octanol–water partition coefficient (Wildman–Crippen LogP) is 5.22. The fourth-order valence-corrected chi connectivity index (χ4v) is 4.20. The molecule has 1 aliphatic heterocycles. The zero-order valence-corrected chi connectivity index (χ0v) is 19.4. The maximum atomic E-state index is 11.9. The van der Waals surface area contributed by atoms with Gasteiger partial charge >= 0.3 is 5.97 Å². The van der Waals surface area contributed by atoms with Crippen LogP contribution in [0.2, 0.25) is 0 Å². The number of methoxy groups -OCH3 is 1. The first-order valence-electron chi connectivity index (χ1n) is 11.3. The molecule has 2 aromatic rings. The third-order valence-corrected chi connectivity index (χ3v) is 6.16. The van der Waals surface area contributed by atoms with Crippen LogP contribution in [0.5, 0.6) is 0 Å². The van der Waals surface area contributed by atoms with Gasteiger partial charge in [0.25, 0.3) is 0 Å². The van der Waals surface area contributed by atoms with Gasteiger partial charge in [-0.05, 0) is 60.2 Å². The van der Waals surface area contributed by atoms with Crippen LogP contribution in [0.25, 0.3) is 0 Å². The van der Waals surface area contributed by atoms with E-state index in [1.807, 2.05) is 24.3 Å². The van der Waals surface area contributed by atoms with Crippen molar-refractivity contribution in [1.29, 1.82) is 5.26 Å². The van der Waals surface area contributed by atoms with E-state index in [1.54, 1.807) is 0 Å². The van der Waals surface area contributed by atoms with Crippen molar-refractivity contribution in [3.05, 3.63) is 53.6 Å². The van der Waals surface area contributed by atoms with Gasteiger partial charge in [-0.15, -0.1) is 0 Å². The smallest absolute Gasteiger partial charge is 0.306 e. The topological polar surface area (TPSA) is 74.6 Å². The van der Waals surface area contributed by atoms with E-state index in [0.29, 0.717) is 31.1 Å². The summed E-state index contributed by atoms with van der Waals surface area (Å²) in [6.07, 6.45) is 1.20. The van der Waals surface area contributed by atoms with E-state index in [2.05, 4.69) is 55.3 Å². The largest absolute Gasteiger partial charge is 0.469 e. The highest BCUT2D eigenvalue weighted by Gasteiger charge is 2.28. The van der Waals surface area contributed by atoms with Crippen molar-refractivity contribution in [3.63, 3.8) is 0 Å². The lowest BCUT2D eigenvalue weighted by atomic mass is 9.92. The molecule has 0 aliphatic carbocycles. The monoisotopic (exact) mass is 435 g/mol. The van der Waals surface area contributed by atoms with E-state index < -0.39 is 0 Å². The Morgan fingerprint density at radius 3 is 2.66 bits per heavy atom. The lowest BCUT2D eigenvalue weighted by molar-refractivity contribution is -0.141. The number of esters is 1. The second kappa shape index (κ2) is 11.0. The second-order valence-electron chi connectivity index (χ2n) is 8.56. The third-order valence-electron chi connectivity index (χ3n) is 6.16. The molecule has 6 heteroatoms. The van der Waals surface area contributed by atoms with Crippen molar-refractivity contribution >= 4 is 23.0 Å². The molecule has 0 unspecified atom stereocenters. The van der Waals surface area contributed by atoms with Crippen molar-refractivity contribution in [2.24, 2.45) is 5.92 Å². The first-order valence-corrected chi connectivity index (χ1v) is 11.3. The SMILES string of the molecule is CC[C@@H](CC(=O)OC)c1ccc(N2CCOC[C@@H]2C(C)C)c(Nc2ccc(C#N)cc2)c1. The third kappa shape index (κ3) is 5.60. The van der Waals surface area contributed by atoms with E-state index in [0.717, 1.165) is 35.6 Å². The van der Waals surface area contributed by atoms with Crippen LogP contribution >= 0.6 is 0 Å². The number of nitrogens with one attached hydrogen (secondary N) is 1. The summed E-state index contributed by atoms with van der Waals surface area (Å²) in [4.78, 5) is 14.4. The van der Waals surface area contributed by atoms with Crippen molar-refractivity contribution in [1.82, 2.24) is 0 Å². The summed E-state index contributed by atoms with van der Waals surface area (Å²) >= 11 is 0. The molecule has 1 heterocycles. The summed E-state index contributed by atoms with van der Waals surface area (Å²) in [7, 11) is 1.43. The maximum absolute atomic E-state index is 11.9. The number of carbonyl (C=O) groups is 1. The van der Waals surface area contributed by atoms with Crippen LogP contribution < -0.4 is 10.2 Å². The summed E-state index contributed by atoms with van der Waals surface area (Å²) < 4.78 is 10.7. The molecular weight excluding hydrogens is 402 g/mol. The second-order valence-corrected chi connectivity index (χ2v) is 8.56. The number of morpholine rings is 1. The molecule has 0 amide bonds. The molecule has 170 valence electrons. The molecule has 1 aliphatic rings. The quantitative estimate of drug-likeness (QED) is 0.573. The summed E-state index contributed by atoms with van der Waals surface area (Å²) in [6, 6.07) is 16.3. The number of carbonyl (C=O) groups excluding carboxylic acids is 1. The van der Waals surface area contributed by atoms with Crippen molar-refractivity contribution in [2.45, 2.75) is 45.6 Å². The molecule has 6 nitrogen and oxygen atoms in total. The minimum Gasteiger partial charge on any atom is -0.469 e. The van der Waals surface area contributed by atoms with Gasteiger partial charge in [0, 0.05) is 12.2 Å². The van der Waals surface area contributed by atoms with Crippen molar-refractivity contribution in [3.8, 4) is 6.07 Å². The van der Waals surface area contributed by atoms with Crippen LogP contribution in [-0.4, -0.2) is 38.9 Å². The molecule has 0 aromatic heterocycles. The number of anilines is 3. The Balaban J connectivity index is 2.00. The van der Waals surface area contributed by atoms with Crippen LogP contribution in [0.4, 0.5) is 17.1 Å². The van der Waals surface area contributed by atoms with Crippen molar-refractivity contribution < 1.29 is 14.3 Å². The molecule has 2 aromatic carbocycles. The number of hydrogen-bond acceptors (Lipinski definition) is 6. The van der Waals surface area contributed by atoms with Gasteiger partial charge in [-0.3, -0.25) is 4.79 Å². The molecule has 0 radical (unpaired) electrons. The average Bonchev–Trinajstić information content (AvgIpc) is 2.82. The summed E-state index contributed by atoms with van der Waals surface area (Å²) in [5, 5.41) is 12.7. The number of benzene rings is 2. The van der Waals surface area contributed by atoms with E-state index in [4.69, 9.17) is 14.7 Å². The molecule has 1 fully saturated rings. The zero-order chi connectivity index (χ0) is 23.1. The van der Waals surface area contributed by atoms with Gasteiger partial charge in [-0.25, -0.2) is 0 Å². The molecular formula is C26H33N3O3. The standard InChI is InChI=1S/C26H33N3O3/c1-5-20(15-26(30)31-4)21-8-11-24(29-12-13-32-17-25(29)18(2)3)23(14-21)28-22-9-6-19(16-27)7-10-22/h6-11,14,18,20,25,28H,5,12-13,15,17H2,1-4H3/t20-,25+/m0/s1. The molecule has 1 saturated heterocycles. The fraction of sp³-hybridized carbons (Fsp3) is 0.462. The van der Waals surface area contributed by atoms with Gasteiger partial charge in [0.05, 0.1) is 55.8 Å². The highest BCUT2D eigenvalue weighted by atomic mass is 16.5. The molecule has 32 heavy (non-hydrogen) atoms. The van der Waals surface area contributed by atoms with Gasteiger partial charge in [-0.1, -0.05) is 26.8 Å². The summed E-state index contributed by atoms with van der Waals surface area (Å²) in [6.45, 7) is 8.75. The Labute approximate surface area is 191 Å². The molecule has 0 saturated carbocycles. The predicted molar refractivity (Wildman–Crippen MR) is 127 cm³/mol. The summed E-state index contributed by atoms with van der Waals surface area (Å²) in [5.74, 6) is 0.333. The highest BCUT2D eigenvalue weighted by Crippen LogP contribution is 2.37. The number of nitrogens with zero attached hydrogens (tertiary/aromatic N) is 2. The molecule has 0 bridgehead atoms. The number of hydrogen-bond donors (Lipinski definition) is 1. The lowest BCUT2D eigenvalue weighted by Gasteiger charge is -2.40. The van der Waals surface area contributed by atoms with Gasteiger partial charge in [0.15, 0.2) is 0 Å². The van der Waals surface area contributed by atoms with Crippen LogP contribution in [0, 0.1) is 17.2 Å². The van der Waals surface area contributed by atoms with Crippen LogP contribution in [-0.2, 0) is 14.3 Å². The first-order chi connectivity index (χ1) is 15.5. The Morgan fingerprint density at radius 1 is 1.28 bits per heavy atom. The molecule has 0 spiro atoms. The number of rotatable bonds is 8. The van der Waals surface area contributed by atoms with Crippen LogP contribution in [0.3, 0.4) is 0 Å². The van der Waals surface area contributed by atoms with E-state index in [9.17, 15) is 4.79 Å². The Bertz CT molecular complexity index is 950. The number of nitriles is 1. The van der Waals surface area contributed by atoms with Crippen LogP contribution in [0.15, 0.2) is 42.5 Å². The molecule has 3 rings (SSSR count). The average molecular weight is 436 g/mol. The summed E-state index contributed by atoms with van der Waals surface area (Å²) in [5.41, 5.74) is 4.75. The van der Waals surface area contributed by atoms with Gasteiger partial charge in [-0.2, -0.15) is 5.26 Å². The van der Waals surface area contributed by atoms with Crippen molar-refractivity contribution in [2.75, 3.05) is 37.1 Å². The van der Waals surface area contributed by atoms with Crippen LogP contribution in [0.1, 0.15) is 50.7 Å². The molecule has 1 N–H and O–H groups in total.